The summed E-state index contributed by atoms with van der Waals surface area (Å²) in [6.07, 6.45) is -0.0347. The number of alkyl halides is 3. The number of halogens is 3. The summed E-state index contributed by atoms with van der Waals surface area (Å²) in [6, 6.07) is 14.7. The van der Waals surface area contributed by atoms with Crippen LogP contribution in [0.3, 0.4) is 0 Å². The van der Waals surface area contributed by atoms with E-state index in [1.807, 2.05) is 18.2 Å². The van der Waals surface area contributed by atoms with Crippen LogP contribution in [0.15, 0.2) is 73.2 Å². The van der Waals surface area contributed by atoms with Crippen molar-refractivity contribution in [2.24, 2.45) is 0 Å². The highest BCUT2D eigenvalue weighted by Gasteiger charge is 2.33. The number of hydrogen-bond acceptors (Lipinski definition) is 4. The Morgan fingerprint density at radius 3 is 2.47 bits per heavy atom. The van der Waals surface area contributed by atoms with Gasteiger partial charge in [0.05, 0.1) is 11.1 Å². The maximum Gasteiger partial charge on any atom is 0.418 e. The summed E-state index contributed by atoms with van der Waals surface area (Å²) >= 11 is -2.23. The van der Waals surface area contributed by atoms with E-state index in [2.05, 4.69) is 9.97 Å². The number of nitrogens with zero attached hydrogens (tertiary/aromatic N) is 2. The molecule has 2 heterocycles. The zero-order chi connectivity index (χ0) is 21.3. The summed E-state index contributed by atoms with van der Waals surface area (Å²) in [7, 11) is 0. The fourth-order valence-electron chi connectivity index (χ4n) is 3.38. The Kier molecular flexibility index (Phi) is 5.36. The molecular weight excluding hydrogens is 413 g/mol. The second-order valence-corrected chi connectivity index (χ2v) is 7.56. The third-order valence-electron chi connectivity index (χ3n) is 4.66. The third kappa shape index (κ3) is 4.10. The molecule has 0 N–H and O–H groups in total. The van der Waals surface area contributed by atoms with Crippen LogP contribution >= 0.6 is 0 Å². The normalized spacial score (nSPS) is 12.8. The Morgan fingerprint density at radius 1 is 0.933 bits per heavy atom. The molecule has 0 fully saturated rings. The van der Waals surface area contributed by atoms with E-state index in [1.165, 1.54) is 18.5 Å². The molecule has 0 aliphatic heterocycles. The summed E-state index contributed by atoms with van der Waals surface area (Å²) in [5.41, 5.74) is 2.50. The number of aromatic nitrogens is 2. The first-order chi connectivity index (χ1) is 14.3. The Morgan fingerprint density at radius 2 is 1.70 bits per heavy atom. The lowest BCUT2D eigenvalue weighted by atomic mass is 9.96. The SMILES string of the molecule is O=S([O-])Cc1cncc(-c2cccc(-c3ccnc4c(C(F)(F)F)cccc34)c2)c1. The topological polar surface area (TPSA) is 65.9 Å². The number of para-hydroxylation sites is 1. The Balaban J connectivity index is 1.82. The van der Waals surface area contributed by atoms with Gasteiger partial charge in [0.15, 0.2) is 0 Å². The van der Waals surface area contributed by atoms with Crippen molar-refractivity contribution in [3.63, 3.8) is 0 Å². The fraction of sp³-hybridized carbons (Fsp3) is 0.0909. The first-order valence-electron chi connectivity index (χ1n) is 8.88. The van der Waals surface area contributed by atoms with E-state index in [4.69, 9.17) is 0 Å². The zero-order valence-electron chi connectivity index (χ0n) is 15.4. The molecule has 2 aromatic carbocycles. The van der Waals surface area contributed by atoms with Gasteiger partial charge in [0, 0.05) is 35.3 Å². The molecule has 4 nitrogen and oxygen atoms in total. The summed E-state index contributed by atoms with van der Waals surface area (Å²) in [5.74, 6) is -0.143. The van der Waals surface area contributed by atoms with Gasteiger partial charge in [-0.2, -0.15) is 13.2 Å². The van der Waals surface area contributed by atoms with Crippen molar-refractivity contribution < 1.29 is 21.9 Å². The molecule has 4 rings (SSSR count). The van der Waals surface area contributed by atoms with Crippen molar-refractivity contribution in [3.05, 3.63) is 84.3 Å². The first-order valence-corrected chi connectivity index (χ1v) is 10.1. The van der Waals surface area contributed by atoms with Crippen LogP contribution in [0.4, 0.5) is 13.2 Å². The van der Waals surface area contributed by atoms with Gasteiger partial charge in [-0.1, -0.05) is 41.4 Å². The first kappa shape index (κ1) is 20.2. The van der Waals surface area contributed by atoms with Crippen LogP contribution in [0, 0.1) is 0 Å². The molecule has 0 amide bonds. The lowest BCUT2D eigenvalue weighted by Gasteiger charge is -2.13. The monoisotopic (exact) mass is 427 g/mol. The van der Waals surface area contributed by atoms with E-state index in [9.17, 15) is 21.9 Å². The average molecular weight is 427 g/mol. The van der Waals surface area contributed by atoms with Crippen molar-refractivity contribution in [2.75, 3.05) is 0 Å². The summed E-state index contributed by atoms with van der Waals surface area (Å²) in [5, 5.41) is 0.401. The second kappa shape index (κ2) is 7.97. The molecule has 30 heavy (non-hydrogen) atoms. The van der Waals surface area contributed by atoms with Crippen LogP contribution in [-0.4, -0.2) is 18.7 Å². The van der Waals surface area contributed by atoms with Crippen molar-refractivity contribution in [1.29, 1.82) is 0 Å². The van der Waals surface area contributed by atoms with Crippen LogP contribution in [0.1, 0.15) is 11.1 Å². The van der Waals surface area contributed by atoms with Gasteiger partial charge in [0.25, 0.3) is 0 Å². The number of benzene rings is 2. The molecule has 2 aromatic heterocycles. The number of hydrogen-bond donors (Lipinski definition) is 0. The van der Waals surface area contributed by atoms with Gasteiger partial charge >= 0.3 is 6.18 Å². The van der Waals surface area contributed by atoms with E-state index >= 15 is 0 Å². The summed E-state index contributed by atoms with van der Waals surface area (Å²) in [4.78, 5) is 8.06. The van der Waals surface area contributed by atoms with Gasteiger partial charge in [0.1, 0.15) is 0 Å². The van der Waals surface area contributed by atoms with Gasteiger partial charge in [-0.25, -0.2) is 0 Å². The highest BCUT2D eigenvalue weighted by atomic mass is 32.2. The van der Waals surface area contributed by atoms with Crippen LogP contribution < -0.4 is 0 Å². The lowest BCUT2D eigenvalue weighted by Crippen LogP contribution is -2.06. The van der Waals surface area contributed by atoms with Gasteiger partial charge in [-0.3, -0.25) is 14.2 Å². The highest BCUT2D eigenvalue weighted by Crippen LogP contribution is 2.37. The van der Waals surface area contributed by atoms with Gasteiger partial charge in [-0.15, -0.1) is 0 Å². The van der Waals surface area contributed by atoms with Crippen molar-refractivity contribution in [3.8, 4) is 22.3 Å². The smallest absolute Gasteiger partial charge is 0.418 e. The molecule has 0 bridgehead atoms. The minimum atomic E-state index is -4.50. The lowest BCUT2D eigenvalue weighted by molar-refractivity contribution is -0.136. The quantitative estimate of drug-likeness (QED) is 0.411. The minimum Gasteiger partial charge on any atom is -0.772 e. The van der Waals surface area contributed by atoms with Gasteiger partial charge in [0.2, 0.25) is 0 Å². The van der Waals surface area contributed by atoms with E-state index < -0.39 is 22.8 Å². The molecule has 152 valence electrons. The summed E-state index contributed by atoms with van der Waals surface area (Å²) < 4.78 is 62.1. The molecule has 4 aromatic rings. The second-order valence-electron chi connectivity index (χ2n) is 6.67. The van der Waals surface area contributed by atoms with E-state index in [0.29, 0.717) is 22.1 Å². The average Bonchev–Trinajstić information content (AvgIpc) is 2.72. The van der Waals surface area contributed by atoms with Crippen molar-refractivity contribution >= 4 is 22.0 Å². The largest absolute Gasteiger partial charge is 0.772 e. The standard InChI is InChI=1S/C22H15F3N2O2S/c23-22(24,25)20-6-2-5-19-18(7-8-27-21(19)20)16-4-1-3-15(10-16)17-9-14(11-26-12-17)13-30(28)29/h1-12H,13H2,(H,28,29)/p-1. The molecule has 0 spiro atoms. The van der Waals surface area contributed by atoms with Crippen LogP contribution in [-0.2, 0) is 23.0 Å². The fourth-order valence-corrected chi connectivity index (χ4v) is 3.81. The maximum absolute atomic E-state index is 13.4. The molecule has 0 saturated heterocycles. The molecule has 0 saturated carbocycles. The Labute approximate surface area is 172 Å². The van der Waals surface area contributed by atoms with E-state index in [-0.39, 0.29) is 11.3 Å². The zero-order valence-corrected chi connectivity index (χ0v) is 16.2. The molecular formula is C22H14F3N2O2S-. The molecule has 8 heteroatoms. The predicted molar refractivity (Wildman–Crippen MR) is 108 cm³/mol. The third-order valence-corrected chi connectivity index (χ3v) is 5.23. The number of fused-ring (bicyclic) bond motifs is 1. The maximum atomic E-state index is 13.4. The minimum absolute atomic E-state index is 0.102. The van der Waals surface area contributed by atoms with E-state index in [1.54, 1.807) is 30.5 Å². The van der Waals surface area contributed by atoms with Crippen molar-refractivity contribution in [1.82, 2.24) is 9.97 Å². The molecule has 0 radical (unpaired) electrons. The van der Waals surface area contributed by atoms with E-state index in [0.717, 1.165) is 17.2 Å². The molecule has 1 unspecified atom stereocenters. The molecule has 1 atom stereocenters. The van der Waals surface area contributed by atoms with Gasteiger partial charge in [-0.05, 0) is 46.5 Å². The van der Waals surface area contributed by atoms with Crippen LogP contribution in [0.5, 0.6) is 0 Å². The Hall–Kier alpha value is -3.10. The van der Waals surface area contributed by atoms with Crippen molar-refractivity contribution in [2.45, 2.75) is 11.9 Å². The molecule has 0 aliphatic rings. The van der Waals surface area contributed by atoms with Crippen LogP contribution in [0.2, 0.25) is 0 Å². The van der Waals surface area contributed by atoms with Gasteiger partial charge < -0.3 is 4.55 Å². The van der Waals surface area contributed by atoms with Crippen LogP contribution in [0.25, 0.3) is 33.2 Å². The number of pyridine rings is 2. The number of rotatable bonds is 4. The highest BCUT2D eigenvalue weighted by molar-refractivity contribution is 7.78. The summed E-state index contributed by atoms with van der Waals surface area (Å²) in [6.45, 7) is 0. The molecule has 0 aliphatic carbocycles. The predicted octanol–water partition coefficient (Wildman–Crippen LogP) is 5.36. The Bertz CT molecular complexity index is 1260.